The average Bonchev–Trinajstić information content (AvgIpc) is 2.67. The van der Waals surface area contributed by atoms with Crippen molar-refractivity contribution in [1.82, 2.24) is 4.90 Å². The summed E-state index contributed by atoms with van der Waals surface area (Å²) in [4.78, 5) is 1.98. The molecule has 0 spiro atoms. The molecule has 2 fully saturated rings. The first-order chi connectivity index (χ1) is 6.98. The summed E-state index contributed by atoms with van der Waals surface area (Å²) in [5, 5.41) is 0. The predicted octanol–water partition coefficient (Wildman–Crippen LogP) is 2.80. The van der Waals surface area contributed by atoms with Gasteiger partial charge in [-0.25, -0.2) is 0 Å². The van der Waals surface area contributed by atoms with Gasteiger partial charge in [0.15, 0.2) is 0 Å². The number of rotatable bonds is 3. The largest absolute Gasteiger partial charge is 0.506 e. The zero-order valence-electron chi connectivity index (χ0n) is 8.76. The van der Waals surface area contributed by atoms with E-state index >= 15 is 0 Å². The van der Waals surface area contributed by atoms with Crippen LogP contribution in [0.5, 0.6) is 0 Å². The Balaban J connectivity index is 1.93. The van der Waals surface area contributed by atoms with E-state index in [1.54, 1.807) is 0 Å². The van der Waals surface area contributed by atoms with E-state index in [4.69, 9.17) is 0 Å². The molecule has 0 bridgehead atoms. The molecule has 2 rings (SSSR count). The second-order valence-electron chi connectivity index (χ2n) is 4.75. The third-order valence-electron chi connectivity index (χ3n) is 3.74. The molecule has 1 heterocycles. The molecule has 15 heavy (non-hydrogen) atoms. The van der Waals surface area contributed by atoms with Gasteiger partial charge in [-0.3, -0.25) is 4.90 Å². The highest BCUT2D eigenvalue weighted by molar-refractivity contribution is 6.66. The maximum absolute atomic E-state index is 12.4. The molecule has 2 atom stereocenters. The van der Waals surface area contributed by atoms with Crippen LogP contribution in [0, 0.1) is 5.92 Å². The van der Waals surface area contributed by atoms with Crippen molar-refractivity contribution in [2.75, 3.05) is 13.1 Å². The summed E-state index contributed by atoms with van der Waals surface area (Å²) in [6.07, 6.45) is 4.52. The van der Waals surface area contributed by atoms with E-state index in [2.05, 4.69) is 6.58 Å². The lowest BCUT2D eigenvalue weighted by molar-refractivity contribution is 0.260. The molecule has 5 heteroatoms. The summed E-state index contributed by atoms with van der Waals surface area (Å²) in [6.45, 7) is -0.831. The first-order valence-electron chi connectivity index (χ1n) is 5.60. The Morgan fingerprint density at radius 1 is 1.27 bits per heavy atom. The molecule has 86 valence electrons. The van der Waals surface area contributed by atoms with Gasteiger partial charge >= 0.3 is 6.98 Å². The van der Waals surface area contributed by atoms with Crippen molar-refractivity contribution in [1.29, 1.82) is 0 Å². The number of nitrogens with zero attached hydrogens (tertiary/aromatic N) is 1. The standard InChI is InChI=1S/C10H16BF3N/c1-8(11(12,13)14)7-15-6-5-9-3-2-4-10(9)15/h9-10H,1-7H2/q-1. The molecule has 1 aliphatic heterocycles. The van der Waals surface area contributed by atoms with Crippen LogP contribution in [0.1, 0.15) is 25.7 Å². The van der Waals surface area contributed by atoms with Crippen LogP contribution in [0.3, 0.4) is 0 Å². The molecule has 1 nitrogen and oxygen atoms in total. The Kier molecular flexibility index (Phi) is 2.84. The summed E-state index contributed by atoms with van der Waals surface area (Å²) in [7, 11) is 0. The van der Waals surface area contributed by atoms with Gasteiger partial charge in [0, 0.05) is 6.04 Å². The van der Waals surface area contributed by atoms with Crippen LogP contribution < -0.4 is 0 Å². The zero-order chi connectivity index (χ0) is 11.1. The molecular formula is C10H16BF3N-. The van der Waals surface area contributed by atoms with Gasteiger partial charge in [-0.2, -0.15) is 0 Å². The second-order valence-corrected chi connectivity index (χ2v) is 4.75. The molecule has 2 aliphatic rings. The molecule has 0 amide bonds. The van der Waals surface area contributed by atoms with Crippen LogP contribution >= 0.6 is 0 Å². The summed E-state index contributed by atoms with van der Waals surface area (Å²) in [5.74, 6) is 0.651. The maximum Gasteiger partial charge on any atom is 0.506 e. The van der Waals surface area contributed by atoms with Crippen LogP contribution in [0.25, 0.3) is 0 Å². The smallest absolute Gasteiger partial charge is 0.445 e. The highest BCUT2D eigenvalue weighted by Crippen LogP contribution is 2.38. The summed E-state index contributed by atoms with van der Waals surface area (Å²) in [6, 6.07) is 0.403. The quantitative estimate of drug-likeness (QED) is 0.658. The van der Waals surface area contributed by atoms with E-state index in [1.165, 1.54) is 12.8 Å². The molecule has 2 unspecified atom stereocenters. The van der Waals surface area contributed by atoms with Crippen molar-refractivity contribution in [2.45, 2.75) is 31.7 Å². The van der Waals surface area contributed by atoms with Gasteiger partial charge in [0.25, 0.3) is 0 Å². The van der Waals surface area contributed by atoms with Crippen LogP contribution in [0.4, 0.5) is 12.9 Å². The Bertz CT molecular complexity index is 264. The fraction of sp³-hybridized carbons (Fsp3) is 0.800. The van der Waals surface area contributed by atoms with Crippen LogP contribution in [-0.2, 0) is 0 Å². The van der Waals surface area contributed by atoms with Gasteiger partial charge in [-0.1, -0.05) is 6.42 Å². The molecule has 1 saturated carbocycles. The number of fused-ring (bicyclic) bond motifs is 1. The van der Waals surface area contributed by atoms with E-state index in [0.717, 1.165) is 19.4 Å². The molecule has 0 N–H and O–H groups in total. The van der Waals surface area contributed by atoms with E-state index < -0.39 is 12.4 Å². The van der Waals surface area contributed by atoms with E-state index in [1.807, 2.05) is 4.90 Å². The fourth-order valence-corrected chi connectivity index (χ4v) is 2.89. The van der Waals surface area contributed by atoms with Crippen LogP contribution in [-0.4, -0.2) is 31.0 Å². The SMILES string of the molecule is C=C(CN1CCC2CCCC21)[B-](F)(F)F. The zero-order valence-corrected chi connectivity index (χ0v) is 8.76. The van der Waals surface area contributed by atoms with E-state index in [0.29, 0.717) is 12.0 Å². The second kappa shape index (κ2) is 3.85. The van der Waals surface area contributed by atoms with Gasteiger partial charge < -0.3 is 12.9 Å². The lowest BCUT2D eigenvalue weighted by Gasteiger charge is -2.28. The maximum atomic E-state index is 12.4. The Hall–Kier alpha value is -0.445. The summed E-state index contributed by atoms with van der Waals surface area (Å²) < 4.78 is 37.1. The third-order valence-corrected chi connectivity index (χ3v) is 3.74. The molecule has 1 aliphatic carbocycles. The number of halogens is 3. The van der Waals surface area contributed by atoms with E-state index in [9.17, 15) is 12.9 Å². The highest BCUT2D eigenvalue weighted by Gasteiger charge is 2.38. The van der Waals surface area contributed by atoms with Crippen molar-refractivity contribution in [3.63, 3.8) is 0 Å². The normalized spacial score (nSPS) is 31.9. The Morgan fingerprint density at radius 2 is 2.00 bits per heavy atom. The molecule has 0 radical (unpaired) electrons. The molecular weight excluding hydrogens is 202 g/mol. The first kappa shape index (κ1) is 11.1. The predicted molar refractivity (Wildman–Crippen MR) is 55.5 cm³/mol. The summed E-state index contributed by atoms with van der Waals surface area (Å²) in [5.41, 5.74) is -0.539. The fourth-order valence-electron chi connectivity index (χ4n) is 2.89. The number of likely N-dealkylation sites (tertiary alicyclic amines) is 1. The van der Waals surface area contributed by atoms with Crippen molar-refractivity contribution < 1.29 is 12.9 Å². The third kappa shape index (κ3) is 2.22. The molecule has 0 aromatic heterocycles. The topological polar surface area (TPSA) is 3.24 Å². The van der Waals surface area contributed by atoms with Crippen molar-refractivity contribution in [3.05, 3.63) is 12.1 Å². The minimum absolute atomic E-state index is 0.0324. The van der Waals surface area contributed by atoms with Crippen molar-refractivity contribution in [3.8, 4) is 0 Å². The monoisotopic (exact) mass is 218 g/mol. The van der Waals surface area contributed by atoms with Crippen molar-refractivity contribution >= 4 is 6.98 Å². The van der Waals surface area contributed by atoms with Gasteiger partial charge in [0.2, 0.25) is 0 Å². The summed E-state index contributed by atoms with van der Waals surface area (Å²) >= 11 is 0. The van der Waals surface area contributed by atoms with E-state index in [-0.39, 0.29) is 6.54 Å². The van der Waals surface area contributed by atoms with Gasteiger partial charge in [0.05, 0.1) is 0 Å². The minimum atomic E-state index is -4.85. The lowest BCUT2D eigenvalue weighted by atomic mass is 9.80. The van der Waals surface area contributed by atoms with Crippen LogP contribution in [0.2, 0.25) is 0 Å². The first-order valence-corrected chi connectivity index (χ1v) is 5.60. The van der Waals surface area contributed by atoms with Crippen molar-refractivity contribution in [2.24, 2.45) is 5.92 Å². The average molecular weight is 218 g/mol. The minimum Gasteiger partial charge on any atom is -0.445 e. The Labute approximate surface area is 88.4 Å². The van der Waals surface area contributed by atoms with Gasteiger partial charge in [-0.05, 0) is 38.3 Å². The Morgan fingerprint density at radius 3 is 2.67 bits per heavy atom. The lowest BCUT2D eigenvalue weighted by Crippen LogP contribution is -2.36. The molecule has 0 aromatic rings. The highest BCUT2D eigenvalue weighted by atomic mass is 19.4. The number of hydrogen-bond acceptors (Lipinski definition) is 1. The van der Waals surface area contributed by atoms with Crippen LogP contribution in [0.15, 0.2) is 12.1 Å². The number of hydrogen-bond donors (Lipinski definition) is 0. The molecule has 0 aromatic carbocycles. The van der Waals surface area contributed by atoms with Gasteiger partial charge in [0.1, 0.15) is 0 Å². The van der Waals surface area contributed by atoms with Gasteiger partial charge in [-0.15, -0.1) is 12.1 Å². The molecule has 1 saturated heterocycles.